The fourth-order valence-corrected chi connectivity index (χ4v) is 3.44. The van der Waals surface area contributed by atoms with Gasteiger partial charge in [0.05, 0.1) is 6.54 Å². The van der Waals surface area contributed by atoms with Gasteiger partial charge in [0.15, 0.2) is 6.10 Å². The summed E-state index contributed by atoms with van der Waals surface area (Å²) in [6, 6.07) is 0. The van der Waals surface area contributed by atoms with E-state index in [4.69, 9.17) is 4.74 Å². The maximum absolute atomic E-state index is 12.7. The summed E-state index contributed by atoms with van der Waals surface area (Å²) in [5, 5.41) is 3.36. The van der Waals surface area contributed by atoms with Crippen molar-refractivity contribution in [3.05, 3.63) is 18.2 Å². The summed E-state index contributed by atoms with van der Waals surface area (Å²) in [6.07, 6.45) is 5.11. The van der Waals surface area contributed by atoms with Gasteiger partial charge >= 0.3 is 0 Å². The van der Waals surface area contributed by atoms with Crippen molar-refractivity contribution in [2.24, 2.45) is 0 Å². The molecule has 0 aromatic carbocycles. The van der Waals surface area contributed by atoms with Crippen molar-refractivity contribution in [2.45, 2.75) is 44.9 Å². The first-order chi connectivity index (χ1) is 10.2. The number of aromatic nitrogens is 2. The van der Waals surface area contributed by atoms with E-state index < -0.39 is 11.7 Å². The molecule has 1 atom stereocenters. The zero-order valence-electron chi connectivity index (χ0n) is 12.8. The first-order valence-corrected chi connectivity index (χ1v) is 7.89. The number of carbonyl (C=O) groups is 1. The summed E-state index contributed by atoms with van der Waals surface area (Å²) in [5.41, 5.74) is -0.402. The molecule has 0 bridgehead atoms. The molecule has 116 valence electrons. The van der Waals surface area contributed by atoms with E-state index in [1.54, 1.807) is 0 Å². The first-order valence-electron chi connectivity index (χ1n) is 7.89. The second-order valence-electron chi connectivity index (χ2n) is 5.76. The fourth-order valence-electron chi connectivity index (χ4n) is 3.44. The predicted molar refractivity (Wildman–Crippen MR) is 78.8 cm³/mol. The molecule has 6 nitrogen and oxygen atoms in total. The quantitative estimate of drug-likeness (QED) is 0.892. The van der Waals surface area contributed by atoms with Crippen molar-refractivity contribution in [2.75, 3.05) is 26.2 Å². The molecule has 0 aliphatic carbocycles. The minimum Gasteiger partial charge on any atom is -0.352 e. The van der Waals surface area contributed by atoms with Gasteiger partial charge in [0.1, 0.15) is 11.4 Å². The summed E-state index contributed by atoms with van der Waals surface area (Å²) >= 11 is 0. The SMILES string of the molecule is CCN(CC)C(=O)C1Cn2ccnc2C2(CCNCC2)O1. The Labute approximate surface area is 125 Å². The topological polar surface area (TPSA) is 59.4 Å². The van der Waals surface area contributed by atoms with Crippen molar-refractivity contribution in [3.8, 4) is 0 Å². The summed E-state index contributed by atoms with van der Waals surface area (Å²) in [4.78, 5) is 19.0. The molecule has 1 aromatic heterocycles. The van der Waals surface area contributed by atoms with Gasteiger partial charge in [-0.1, -0.05) is 0 Å². The van der Waals surface area contributed by atoms with E-state index in [0.29, 0.717) is 6.54 Å². The summed E-state index contributed by atoms with van der Waals surface area (Å²) < 4.78 is 8.43. The number of carbonyl (C=O) groups excluding carboxylic acids is 1. The van der Waals surface area contributed by atoms with Gasteiger partial charge in [-0.3, -0.25) is 4.79 Å². The molecular weight excluding hydrogens is 268 g/mol. The Kier molecular flexibility index (Phi) is 3.99. The standard InChI is InChI=1S/C15H24N4O2/c1-3-18(4-2)13(20)12-11-19-10-9-17-14(19)15(21-12)5-7-16-8-6-15/h9-10,12,16H,3-8,11H2,1-2H3. The number of rotatable bonds is 3. The second-order valence-corrected chi connectivity index (χ2v) is 5.76. The Morgan fingerprint density at radius 2 is 2.19 bits per heavy atom. The second kappa shape index (κ2) is 5.77. The Hall–Kier alpha value is -1.40. The molecule has 6 heteroatoms. The lowest BCUT2D eigenvalue weighted by molar-refractivity contribution is -0.176. The molecule has 1 fully saturated rings. The predicted octanol–water partition coefficient (Wildman–Crippen LogP) is 0.729. The van der Waals surface area contributed by atoms with E-state index in [9.17, 15) is 4.79 Å². The number of nitrogens with one attached hydrogen (secondary N) is 1. The van der Waals surface area contributed by atoms with Crippen LogP contribution < -0.4 is 5.32 Å². The highest BCUT2D eigenvalue weighted by atomic mass is 16.5. The number of hydrogen-bond donors (Lipinski definition) is 1. The molecule has 1 amide bonds. The zero-order chi connectivity index (χ0) is 14.9. The third kappa shape index (κ3) is 2.46. The number of ether oxygens (including phenoxy) is 1. The molecule has 1 aromatic rings. The third-order valence-corrected chi connectivity index (χ3v) is 4.62. The van der Waals surface area contributed by atoms with E-state index in [-0.39, 0.29) is 5.91 Å². The van der Waals surface area contributed by atoms with E-state index in [1.165, 1.54) is 0 Å². The number of amides is 1. The zero-order valence-corrected chi connectivity index (χ0v) is 12.8. The molecule has 1 N–H and O–H groups in total. The highest BCUT2D eigenvalue weighted by Gasteiger charge is 2.46. The molecule has 1 spiro atoms. The highest BCUT2D eigenvalue weighted by molar-refractivity contribution is 5.81. The summed E-state index contributed by atoms with van der Waals surface area (Å²) in [6.45, 7) is 7.83. The van der Waals surface area contributed by atoms with E-state index in [1.807, 2.05) is 31.1 Å². The lowest BCUT2D eigenvalue weighted by atomic mass is 9.89. The van der Waals surface area contributed by atoms with Gasteiger partial charge in [-0.15, -0.1) is 0 Å². The molecule has 0 radical (unpaired) electrons. The molecule has 0 saturated carbocycles. The van der Waals surface area contributed by atoms with E-state index in [2.05, 4.69) is 14.9 Å². The van der Waals surface area contributed by atoms with Crippen LogP contribution in [0.3, 0.4) is 0 Å². The number of piperidine rings is 1. The van der Waals surface area contributed by atoms with E-state index in [0.717, 1.165) is 44.8 Å². The minimum atomic E-state index is -0.402. The third-order valence-electron chi connectivity index (χ3n) is 4.62. The first kappa shape index (κ1) is 14.5. The van der Waals surface area contributed by atoms with Crippen molar-refractivity contribution in [1.82, 2.24) is 19.8 Å². The number of hydrogen-bond acceptors (Lipinski definition) is 4. The number of imidazole rings is 1. The Balaban J connectivity index is 1.89. The average molecular weight is 292 g/mol. The summed E-state index contributed by atoms with van der Waals surface area (Å²) in [7, 11) is 0. The monoisotopic (exact) mass is 292 g/mol. The molecule has 3 rings (SSSR count). The lowest BCUT2D eigenvalue weighted by Crippen LogP contribution is -2.54. The van der Waals surface area contributed by atoms with E-state index >= 15 is 0 Å². The maximum Gasteiger partial charge on any atom is 0.253 e. The van der Waals surface area contributed by atoms with Gasteiger partial charge < -0.3 is 19.5 Å². The van der Waals surface area contributed by atoms with Crippen LogP contribution in [0.4, 0.5) is 0 Å². The van der Waals surface area contributed by atoms with Crippen molar-refractivity contribution in [1.29, 1.82) is 0 Å². The van der Waals surface area contributed by atoms with Gasteiger partial charge in [0.25, 0.3) is 5.91 Å². The van der Waals surface area contributed by atoms with Crippen LogP contribution in [0, 0.1) is 0 Å². The molecule has 2 aliphatic heterocycles. The largest absolute Gasteiger partial charge is 0.352 e. The fraction of sp³-hybridized carbons (Fsp3) is 0.733. The lowest BCUT2D eigenvalue weighted by Gasteiger charge is -2.43. The molecule has 21 heavy (non-hydrogen) atoms. The van der Waals surface area contributed by atoms with Crippen LogP contribution in [0.25, 0.3) is 0 Å². The Bertz CT molecular complexity index is 504. The van der Waals surface area contributed by atoms with Crippen molar-refractivity contribution >= 4 is 5.91 Å². The maximum atomic E-state index is 12.7. The number of fused-ring (bicyclic) bond motifs is 2. The normalized spacial score (nSPS) is 23.8. The van der Waals surface area contributed by atoms with Gasteiger partial charge in [-0.25, -0.2) is 4.98 Å². The molecule has 3 heterocycles. The highest BCUT2D eigenvalue weighted by Crippen LogP contribution is 2.38. The average Bonchev–Trinajstić information content (AvgIpc) is 2.98. The van der Waals surface area contributed by atoms with Crippen LogP contribution in [0.5, 0.6) is 0 Å². The van der Waals surface area contributed by atoms with Crippen molar-refractivity contribution in [3.63, 3.8) is 0 Å². The Morgan fingerprint density at radius 1 is 1.48 bits per heavy atom. The smallest absolute Gasteiger partial charge is 0.253 e. The van der Waals surface area contributed by atoms with Crippen LogP contribution in [0.1, 0.15) is 32.5 Å². The molecule has 2 aliphatic rings. The number of nitrogens with zero attached hydrogens (tertiary/aromatic N) is 3. The van der Waals surface area contributed by atoms with Crippen LogP contribution in [0.15, 0.2) is 12.4 Å². The van der Waals surface area contributed by atoms with Crippen LogP contribution in [-0.4, -0.2) is 52.6 Å². The molecule has 1 unspecified atom stereocenters. The Morgan fingerprint density at radius 3 is 2.86 bits per heavy atom. The molecular formula is C15H24N4O2. The molecule has 1 saturated heterocycles. The van der Waals surface area contributed by atoms with Gasteiger partial charge in [0.2, 0.25) is 0 Å². The van der Waals surface area contributed by atoms with Gasteiger partial charge in [0, 0.05) is 25.5 Å². The van der Waals surface area contributed by atoms with Crippen LogP contribution >= 0.6 is 0 Å². The number of likely N-dealkylation sites (N-methyl/N-ethyl adjacent to an activating group) is 1. The van der Waals surface area contributed by atoms with Crippen LogP contribution in [0.2, 0.25) is 0 Å². The minimum absolute atomic E-state index is 0.0947. The summed E-state index contributed by atoms with van der Waals surface area (Å²) in [5.74, 6) is 1.07. The van der Waals surface area contributed by atoms with Gasteiger partial charge in [-0.2, -0.15) is 0 Å². The van der Waals surface area contributed by atoms with Crippen molar-refractivity contribution < 1.29 is 9.53 Å². The van der Waals surface area contributed by atoms with Crippen LogP contribution in [-0.2, 0) is 21.7 Å². The van der Waals surface area contributed by atoms with Gasteiger partial charge in [-0.05, 0) is 39.8 Å².